The lowest BCUT2D eigenvalue weighted by Crippen LogP contribution is -2.46. The quantitative estimate of drug-likeness (QED) is 0.349. The molecule has 1 aliphatic rings. The summed E-state index contributed by atoms with van der Waals surface area (Å²) in [6.45, 7) is 5.28. The van der Waals surface area contributed by atoms with E-state index in [0.717, 1.165) is 51.8 Å². The summed E-state index contributed by atoms with van der Waals surface area (Å²) in [5.74, 6) is 0.857. The molecule has 0 amide bonds. The van der Waals surface area contributed by atoms with Gasteiger partial charge < -0.3 is 15.4 Å². The highest BCUT2D eigenvalue weighted by atomic mass is 127. The number of guanidine groups is 1. The van der Waals surface area contributed by atoms with Crippen LogP contribution >= 0.6 is 35.3 Å². The summed E-state index contributed by atoms with van der Waals surface area (Å²) in [5, 5.41) is 9.07. The van der Waals surface area contributed by atoms with Crippen LogP contribution in [0.2, 0.25) is 0 Å². The third kappa shape index (κ3) is 7.06. The Bertz CT molecular complexity index is 660. The molecule has 1 aliphatic heterocycles. The first-order valence-electron chi connectivity index (χ1n) is 9.20. The van der Waals surface area contributed by atoms with Gasteiger partial charge in [-0.3, -0.25) is 9.89 Å². The number of rotatable bonds is 7. The average molecular weight is 500 g/mol. The number of hydrogen-bond donors (Lipinski definition) is 2. The summed E-state index contributed by atoms with van der Waals surface area (Å²) in [4.78, 5) is 8.26. The van der Waals surface area contributed by atoms with Crippen LogP contribution in [0.25, 0.3) is 0 Å². The Hall–Kier alpha value is -1.16. The summed E-state index contributed by atoms with van der Waals surface area (Å²) in [6, 6.07) is 15.2. The number of nitrogens with zero attached hydrogens (tertiary/aromatic N) is 2. The average Bonchev–Trinajstić information content (AvgIpc) is 3.23. The van der Waals surface area contributed by atoms with Crippen LogP contribution < -0.4 is 10.6 Å². The second-order valence-electron chi connectivity index (χ2n) is 6.30. The highest BCUT2D eigenvalue weighted by molar-refractivity contribution is 14.0. The molecule has 2 aromatic rings. The van der Waals surface area contributed by atoms with Gasteiger partial charge in [0.05, 0.1) is 19.3 Å². The van der Waals surface area contributed by atoms with Crippen molar-refractivity contribution >= 4 is 41.3 Å². The van der Waals surface area contributed by atoms with E-state index >= 15 is 0 Å². The second-order valence-corrected chi connectivity index (χ2v) is 7.27. The molecule has 148 valence electrons. The number of hydrogen-bond acceptors (Lipinski definition) is 4. The van der Waals surface area contributed by atoms with Gasteiger partial charge in [-0.2, -0.15) is 0 Å². The first kappa shape index (κ1) is 22.1. The maximum absolute atomic E-state index is 5.51. The van der Waals surface area contributed by atoms with Gasteiger partial charge in [-0.05, 0) is 23.4 Å². The van der Waals surface area contributed by atoms with E-state index in [1.165, 1.54) is 10.4 Å². The van der Waals surface area contributed by atoms with Crippen molar-refractivity contribution in [3.8, 4) is 0 Å². The van der Waals surface area contributed by atoms with Gasteiger partial charge in [0.2, 0.25) is 0 Å². The molecule has 1 atom stereocenters. The van der Waals surface area contributed by atoms with E-state index in [9.17, 15) is 0 Å². The Kier molecular flexibility index (Phi) is 10.1. The summed E-state index contributed by atoms with van der Waals surface area (Å²) in [5.41, 5.74) is 1.33. The zero-order valence-electron chi connectivity index (χ0n) is 15.8. The minimum Gasteiger partial charge on any atom is -0.379 e. The van der Waals surface area contributed by atoms with E-state index in [4.69, 9.17) is 4.74 Å². The monoisotopic (exact) mass is 500 g/mol. The van der Waals surface area contributed by atoms with Crippen molar-refractivity contribution in [2.75, 3.05) is 46.4 Å². The highest BCUT2D eigenvalue weighted by Gasteiger charge is 2.23. The fourth-order valence-corrected chi connectivity index (χ4v) is 4.02. The predicted molar refractivity (Wildman–Crippen MR) is 124 cm³/mol. The molecule has 2 N–H and O–H groups in total. The molecule has 0 aliphatic carbocycles. The SMILES string of the molecule is CN=C(NCCc1ccccc1)NCC(c1cccs1)N1CCOCC1.I. The maximum Gasteiger partial charge on any atom is 0.191 e. The van der Waals surface area contributed by atoms with Crippen LogP contribution in [0.1, 0.15) is 16.5 Å². The number of ether oxygens (including phenoxy) is 1. The Morgan fingerprint density at radius 2 is 1.93 bits per heavy atom. The van der Waals surface area contributed by atoms with Crippen LogP contribution in [-0.2, 0) is 11.2 Å². The van der Waals surface area contributed by atoms with Crippen LogP contribution in [0.5, 0.6) is 0 Å². The molecule has 5 nitrogen and oxygen atoms in total. The molecule has 0 saturated carbocycles. The highest BCUT2D eigenvalue weighted by Crippen LogP contribution is 2.25. The molecular weight excluding hydrogens is 471 g/mol. The molecule has 2 heterocycles. The summed E-state index contributed by atoms with van der Waals surface area (Å²) in [7, 11) is 1.83. The van der Waals surface area contributed by atoms with E-state index in [0.29, 0.717) is 6.04 Å². The van der Waals surface area contributed by atoms with E-state index in [2.05, 4.69) is 62.3 Å². The van der Waals surface area contributed by atoms with Crippen LogP contribution in [0, 0.1) is 0 Å². The topological polar surface area (TPSA) is 48.9 Å². The lowest BCUT2D eigenvalue weighted by Gasteiger charge is -2.34. The largest absolute Gasteiger partial charge is 0.379 e. The minimum atomic E-state index is 0. The van der Waals surface area contributed by atoms with E-state index < -0.39 is 0 Å². The van der Waals surface area contributed by atoms with Crippen LogP contribution in [0.15, 0.2) is 52.8 Å². The van der Waals surface area contributed by atoms with Crippen molar-refractivity contribution in [1.82, 2.24) is 15.5 Å². The Morgan fingerprint density at radius 3 is 2.59 bits per heavy atom. The molecular formula is C20H29IN4OS. The van der Waals surface area contributed by atoms with Crippen molar-refractivity contribution < 1.29 is 4.74 Å². The van der Waals surface area contributed by atoms with Gasteiger partial charge in [0.25, 0.3) is 0 Å². The van der Waals surface area contributed by atoms with E-state index in [-0.39, 0.29) is 24.0 Å². The number of benzene rings is 1. The van der Waals surface area contributed by atoms with Gasteiger partial charge in [0.1, 0.15) is 0 Å². The molecule has 0 radical (unpaired) electrons. The standard InChI is InChI=1S/C20H28N4OS.HI/c1-21-20(22-10-9-17-6-3-2-4-7-17)23-16-18(19-8-5-15-26-19)24-11-13-25-14-12-24;/h2-8,15,18H,9-14,16H2,1H3,(H2,21,22,23);1H. The molecule has 27 heavy (non-hydrogen) atoms. The van der Waals surface area contributed by atoms with Crippen molar-refractivity contribution in [3.63, 3.8) is 0 Å². The van der Waals surface area contributed by atoms with Gasteiger partial charge in [0.15, 0.2) is 5.96 Å². The molecule has 1 aromatic heterocycles. The number of morpholine rings is 1. The van der Waals surface area contributed by atoms with Gasteiger partial charge >= 0.3 is 0 Å². The summed E-state index contributed by atoms with van der Waals surface area (Å²) < 4.78 is 5.51. The molecule has 3 rings (SSSR count). The van der Waals surface area contributed by atoms with Gasteiger partial charge in [-0.25, -0.2) is 0 Å². The number of nitrogens with one attached hydrogen (secondary N) is 2. The lowest BCUT2D eigenvalue weighted by atomic mass is 10.1. The molecule has 1 fully saturated rings. The van der Waals surface area contributed by atoms with Crippen molar-refractivity contribution in [2.45, 2.75) is 12.5 Å². The van der Waals surface area contributed by atoms with Gasteiger partial charge in [0, 0.05) is 38.1 Å². The normalized spacial score (nSPS) is 16.4. The Labute approximate surface area is 183 Å². The fraction of sp³-hybridized carbons (Fsp3) is 0.450. The maximum atomic E-state index is 5.51. The van der Waals surface area contributed by atoms with E-state index in [1.54, 1.807) is 0 Å². The molecule has 0 spiro atoms. The zero-order valence-corrected chi connectivity index (χ0v) is 18.9. The van der Waals surface area contributed by atoms with Crippen LogP contribution in [0.4, 0.5) is 0 Å². The van der Waals surface area contributed by atoms with Gasteiger partial charge in [-0.15, -0.1) is 35.3 Å². The third-order valence-corrected chi connectivity index (χ3v) is 5.57. The van der Waals surface area contributed by atoms with Crippen LogP contribution in [-0.4, -0.2) is 57.3 Å². The molecule has 0 bridgehead atoms. The fourth-order valence-electron chi connectivity index (χ4n) is 3.16. The third-order valence-electron chi connectivity index (χ3n) is 4.59. The van der Waals surface area contributed by atoms with E-state index in [1.807, 2.05) is 24.5 Å². The number of thiophene rings is 1. The molecule has 1 aromatic carbocycles. The molecule has 7 heteroatoms. The summed E-state index contributed by atoms with van der Waals surface area (Å²) in [6.07, 6.45) is 0.985. The predicted octanol–water partition coefficient (Wildman–Crippen LogP) is 3.15. The van der Waals surface area contributed by atoms with Crippen molar-refractivity contribution in [3.05, 3.63) is 58.3 Å². The number of aliphatic imine (C=N–C) groups is 1. The van der Waals surface area contributed by atoms with Gasteiger partial charge in [-0.1, -0.05) is 36.4 Å². The molecule has 1 unspecified atom stereocenters. The van der Waals surface area contributed by atoms with Crippen molar-refractivity contribution in [1.29, 1.82) is 0 Å². The lowest BCUT2D eigenvalue weighted by molar-refractivity contribution is 0.0177. The Morgan fingerprint density at radius 1 is 1.15 bits per heavy atom. The van der Waals surface area contributed by atoms with Crippen LogP contribution in [0.3, 0.4) is 0 Å². The first-order chi connectivity index (χ1) is 12.9. The molecule has 1 saturated heterocycles. The van der Waals surface area contributed by atoms with Crippen molar-refractivity contribution in [2.24, 2.45) is 4.99 Å². The summed E-state index contributed by atoms with van der Waals surface area (Å²) >= 11 is 1.82. The zero-order chi connectivity index (χ0) is 18.0. The minimum absolute atomic E-state index is 0. The smallest absolute Gasteiger partial charge is 0.191 e. The first-order valence-corrected chi connectivity index (χ1v) is 10.1. The second kappa shape index (κ2) is 12.3. The Balaban J connectivity index is 0.00000261. The number of halogens is 1.